The first-order valence-corrected chi connectivity index (χ1v) is 13.6. The average molecular weight is 527 g/mol. The number of fused-ring (bicyclic) bond motifs is 1. The van der Waals surface area contributed by atoms with E-state index in [0.29, 0.717) is 41.6 Å². The highest BCUT2D eigenvalue weighted by Gasteiger charge is 2.21. The van der Waals surface area contributed by atoms with Gasteiger partial charge in [-0.3, -0.25) is 0 Å². The van der Waals surface area contributed by atoms with Crippen molar-refractivity contribution in [3.63, 3.8) is 0 Å². The molecule has 2 aromatic carbocycles. The number of aromatic nitrogens is 1. The minimum absolute atomic E-state index is 0.333. The molecule has 7 nitrogen and oxygen atoms in total. The zero-order valence-electron chi connectivity index (χ0n) is 21.9. The van der Waals surface area contributed by atoms with Crippen molar-refractivity contribution in [1.29, 1.82) is 5.26 Å². The SMILES string of the molecule is CCCCCOc1ccc(/C(C#N)=C(\C)C2=Cc3sc(/N=N/c4ccc(C(=O)OCC)cc4)nc3C2)cc1. The molecule has 1 aromatic heterocycles. The fourth-order valence-electron chi connectivity index (χ4n) is 4.03. The second kappa shape index (κ2) is 12.9. The van der Waals surface area contributed by atoms with Crippen molar-refractivity contribution < 1.29 is 14.3 Å². The molecule has 0 saturated carbocycles. The first-order valence-electron chi connectivity index (χ1n) is 12.8. The Morgan fingerprint density at radius 2 is 1.79 bits per heavy atom. The predicted octanol–water partition coefficient (Wildman–Crippen LogP) is 8.24. The molecule has 8 heteroatoms. The van der Waals surface area contributed by atoms with Crippen molar-refractivity contribution in [1.82, 2.24) is 4.98 Å². The average Bonchev–Trinajstić information content (AvgIpc) is 3.51. The molecule has 0 aliphatic heterocycles. The number of ether oxygens (including phenoxy) is 2. The van der Waals surface area contributed by atoms with Crippen LogP contribution in [0.4, 0.5) is 10.8 Å². The van der Waals surface area contributed by atoms with E-state index in [-0.39, 0.29) is 5.97 Å². The van der Waals surface area contributed by atoms with Crippen LogP contribution in [-0.2, 0) is 11.2 Å². The van der Waals surface area contributed by atoms with Crippen molar-refractivity contribution >= 4 is 39.8 Å². The number of thiazole rings is 1. The highest BCUT2D eigenvalue weighted by Crippen LogP contribution is 2.38. The number of rotatable bonds is 11. The molecule has 4 rings (SSSR count). The molecule has 0 radical (unpaired) electrons. The minimum Gasteiger partial charge on any atom is -0.494 e. The third-order valence-electron chi connectivity index (χ3n) is 6.14. The summed E-state index contributed by atoms with van der Waals surface area (Å²) in [6, 6.07) is 16.9. The van der Waals surface area contributed by atoms with E-state index < -0.39 is 0 Å². The van der Waals surface area contributed by atoms with E-state index in [2.05, 4.69) is 34.3 Å². The summed E-state index contributed by atoms with van der Waals surface area (Å²) in [5.41, 5.74) is 5.58. The number of allylic oxidation sites excluding steroid dienone is 3. The highest BCUT2D eigenvalue weighted by molar-refractivity contribution is 7.16. The van der Waals surface area contributed by atoms with Gasteiger partial charge in [-0.1, -0.05) is 31.1 Å². The Kier molecular flexibility index (Phi) is 9.17. The highest BCUT2D eigenvalue weighted by atomic mass is 32.1. The van der Waals surface area contributed by atoms with Gasteiger partial charge in [0.1, 0.15) is 11.8 Å². The molecule has 0 bridgehead atoms. The van der Waals surface area contributed by atoms with Crippen LogP contribution in [0.25, 0.3) is 11.6 Å². The predicted molar refractivity (Wildman–Crippen MR) is 150 cm³/mol. The van der Waals surface area contributed by atoms with E-state index in [9.17, 15) is 10.1 Å². The Morgan fingerprint density at radius 3 is 2.45 bits per heavy atom. The van der Waals surface area contributed by atoms with Gasteiger partial charge in [-0.2, -0.15) is 5.26 Å². The molecule has 38 heavy (non-hydrogen) atoms. The van der Waals surface area contributed by atoms with Gasteiger partial charge >= 0.3 is 5.97 Å². The lowest BCUT2D eigenvalue weighted by atomic mass is 9.96. The lowest BCUT2D eigenvalue weighted by Crippen LogP contribution is -2.03. The molecule has 0 fully saturated rings. The number of nitriles is 1. The number of carbonyl (C=O) groups is 1. The Bertz CT molecular complexity index is 1410. The van der Waals surface area contributed by atoms with E-state index in [0.717, 1.165) is 52.3 Å². The van der Waals surface area contributed by atoms with Gasteiger partial charge in [-0.25, -0.2) is 9.78 Å². The van der Waals surface area contributed by atoms with Crippen molar-refractivity contribution in [3.8, 4) is 11.8 Å². The van der Waals surface area contributed by atoms with Gasteiger partial charge < -0.3 is 9.47 Å². The topological polar surface area (TPSA) is 96.9 Å². The number of azo groups is 1. The number of hydrogen-bond acceptors (Lipinski definition) is 8. The molecule has 0 saturated heterocycles. The van der Waals surface area contributed by atoms with Gasteiger partial charge in [0.05, 0.1) is 40.6 Å². The van der Waals surface area contributed by atoms with Crippen molar-refractivity contribution in [2.45, 2.75) is 46.5 Å². The molecule has 1 heterocycles. The number of nitrogens with zero attached hydrogens (tertiary/aromatic N) is 4. The largest absolute Gasteiger partial charge is 0.494 e. The number of hydrogen-bond donors (Lipinski definition) is 0. The summed E-state index contributed by atoms with van der Waals surface area (Å²) in [4.78, 5) is 17.4. The quantitative estimate of drug-likeness (QED) is 0.108. The van der Waals surface area contributed by atoms with Crippen LogP contribution < -0.4 is 4.74 Å². The standard InChI is InChI=1S/C30H30N4O3S/c1-4-6-7-16-37-25-14-10-21(11-15-25)26(19-31)20(3)23-17-27-28(18-23)38-30(32-27)34-33-24-12-8-22(9-13-24)29(35)36-5-2/h8-15,18H,4-7,16-17H2,1-3H3/b26-20+,34-33+. The smallest absolute Gasteiger partial charge is 0.338 e. The third kappa shape index (κ3) is 6.61. The third-order valence-corrected chi connectivity index (χ3v) is 7.07. The number of unbranched alkanes of at least 4 members (excludes halogenated alkanes) is 2. The molecular weight excluding hydrogens is 496 g/mol. The minimum atomic E-state index is -0.359. The normalized spacial score (nSPS) is 13.1. The monoisotopic (exact) mass is 526 g/mol. The van der Waals surface area contributed by atoms with Crippen molar-refractivity contribution in [3.05, 3.63) is 81.4 Å². The second-order valence-electron chi connectivity index (χ2n) is 8.81. The van der Waals surface area contributed by atoms with Crippen LogP contribution in [0.3, 0.4) is 0 Å². The van der Waals surface area contributed by atoms with Gasteiger partial charge in [-0.15, -0.1) is 10.2 Å². The van der Waals surface area contributed by atoms with Crippen molar-refractivity contribution in [2.75, 3.05) is 13.2 Å². The molecule has 0 N–H and O–H groups in total. The van der Waals surface area contributed by atoms with Gasteiger partial charge in [0.2, 0.25) is 5.13 Å². The molecule has 1 aliphatic carbocycles. The molecule has 194 valence electrons. The van der Waals surface area contributed by atoms with Gasteiger partial charge in [-0.05, 0) is 91.6 Å². The molecule has 0 atom stereocenters. The maximum absolute atomic E-state index is 11.8. The van der Waals surface area contributed by atoms with Crippen molar-refractivity contribution in [2.24, 2.45) is 10.2 Å². The lowest BCUT2D eigenvalue weighted by Gasteiger charge is -2.09. The Hall–Kier alpha value is -4.09. The van der Waals surface area contributed by atoms with Gasteiger partial charge in [0, 0.05) is 6.42 Å². The number of esters is 1. The second-order valence-corrected chi connectivity index (χ2v) is 9.82. The van der Waals surface area contributed by atoms with Crippen LogP contribution in [0, 0.1) is 11.3 Å². The Balaban J connectivity index is 1.43. The van der Waals surface area contributed by atoms with Crippen LogP contribution in [0.1, 0.15) is 66.5 Å². The van der Waals surface area contributed by atoms with E-state index in [1.165, 1.54) is 11.3 Å². The van der Waals surface area contributed by atoms with E-state index in [4.69, 9.17) is 9.47 Å². The first-order chi connectivity index (χ1) is 18.5. The molecular formula is C30H30N4O3S. The zero-order chi connectivity index (χ0) is 26.9. The van der Waals surface area contributed by atoms with Crippen LogP contribution in [0.15, 0.2) is 69.9 Å². The van der Waals surface area contributed by atoms with Crippen LogP contribution in [0.2, 0.25) is 0 Å². The maximum atomic E-state index is 11.8. The molecule has 3 aromatic rings. The lowest BCUT2D eigenvalue weighted by molar-refractivity contribution is 0.0526. The fourth-order valence-corrected chi connectivity index (χ4v) is 4.90. The number of carbonyl (C=O) groups excluding carboxylic acids is 1. The van der Waals surface area contributed by atoms with E-state index in [1.54, 1.807) is 31.2 Å². The molecule has 0 spiro atoms. The van der Waals surface area contributed by atoms with Crippen LogP contribution in [-0.4, -0.2) is 24.2 Å². The summed E-state index contributed by atoms with van der Waals surface area (Å²) >= 11 is 1.46. The maximum Gasteiger partial charge on any atom is 0.338 e. The molecule has 0 unspecified atom stereocenters. The first kappa shape index (κ1) is 27.0. The summed E-state index contributed by atoms with van der Waals surface area (Å²) in [7, 11) is 0. The summed E-state index contributed by atoms with van der Waals surface area (Å²) in [5.74, 6) is 0.463. The van der Waals surface area contributed by atoms with Gasteiger partial charge in [0.15, 0.2) is 0 Å². The summed E-state index contributed by atoms with van der Waals surface area (Å²) in [6.07, 6.45) is 6.09. The Labute approximate surface area is 227 Å². The molecule has 0 amide bonds. The van der Waals surface area contributed by atoms with Crippen LogP contribution >= 0.6 is 11.3 Å². The summed E-state index contributed by atoms with van der Waals surface area (Å²) in [5, 5.41) is 19.0. The van der Waals surface area contributed by atoms with Crippen LogP contribution in [0.5, 0.6) is 5.75 Å². The zero-order valence-corrected chi connectivity index (χ0v) is 22.7. The summed E-state index contributed by atoms with van der Waals surface area (Å²) in [6.45, 7) is 6.97. The fraction of sp³-hybridized carbons (Fsp3) is 0.300. The Morgan fingerprint density at radius 1 is 1.05 bits per heavy atom. The number of benzene rings is 2. The van der Waals surface area contributed by atoms with E-state index in [1.807, 2.05) is 31.2 Å². The summed E-state index contributed by atoms with van der Waals surface area (Å²) < 4.78 is 10.8. The van der Waals surface area contributed by atoms with E-state index >= 15 is 0 Å². The van der Waals surface area contributed by atoms with Gasteiger partial charge in [0.25, 0.3) is 0 Å². The molecule has 1 aliphatic rings.